The van der Waals surface area contributed by atoms with E-state index < -0.39 is 43.5 Å². The van der Waals surface area contributed by atoms with E-state index in [1.807, 2.05) is 6.07 Å². The predicted molar refractivity (Wildman–Crippen MR) is 109 cm³/mol. The number of sulfonamides is 1. The second kappa shape index (κ2) is 7.92. The van der Waals surface area contributed by atoms with Gasteiger partial charge in [0.1, 0.15) is 0 Å². The average molecular weight is 539 g/mol. The topological polar surface area (TPSA) is 91.8 Å². The van der Waals surface area contributed by atoms with E-state index >= 15 is 0 Å². The lowest BCUT2D eigenvalue weighted by Gasteiger charge is -2.30. The van der Waals surface area contributed by atoms with Crippen molar-refractivity contribution in [1.29, 1.82) is 0 Å². The van der Waals surface area contributed by atoms with E-state index in [1.54, 1.807) is 36.4 Å². The fraction of sp³-hybridized carbons (Fsp3) is 0.294. The summed E-state index contributed by atoms with van der Waals surface area (Å²) in [5.41, 5.74) is 0.698. The molecule has 1 aliphatic heterocycles. The average Bonchev–Trinajstić information content (AvgIpc) is 2.87. The van der Waals surface area contributed by atoms with E-state index in [0.29, 0.717) is 14.5 Å². The van der Waals surface area contributed by atoms with Crippen molar-refractivity contribution in [3.05, 3.63) is 63.0 Å². The molecule has 1 fully saturated rings. The third-order valence-corrected chi connectivity index (χ3v) is 9.38. The van der Waals surface area contributed by atoms with Crippen molar-refractivity contribution in [3.63, 3.8) is 0 Å². The number of aliphatic hydroxyl groups is 1. The summed E-state index contributed by atoms with van der Waals surface area (Å²) in [6, 6.07) is 12.6. The van der Waals surface area contributed by atoms with Gasteiger partial charge in [-0.2, -0.15) is 4.31 Å². The number of benzene rings is 2. The molecule has 146 valence electrons. The molecule has 27 heavy (non-hydrogen) atoms. The van der Waals surface area contributed by atoms with Crippen LogP contribution in [0.1, 0.15) is 5.56 Å². The van der Waals surface area contributed by atoms with Gasteiger partial charge >= 0.3 is 0 Å². The third kappa shape index (κ3) is 4.63. The summed E-state index contributed by atoms with van der Waals surface area (Å²) in [6.07, 6.45) is -1.28. The molecule has 1 aliphatic rings. The van der Waals surface area contributed by atoms with Gasteiger partial charge in [-0.15, -0.1) is 0 Å². The maximum atomic E-state index is 13.4. The summed E-state index contributed by atoms with van der Waals surface area (Å²) < 4.78 is 52.9. The lowest BCUT2D eigenvalue weighted by atomic mass is 10.2. The van der Waals surface area contributed by atoms with Crippen LogP contribution in [0.2, 0.25) is 0 Å². The van der Waals surface area contributed by atoms with Crippen LogP contribution < -0.4 is 0 Å². The van der Waals surface area contributed by atoms with E-state index in [9.17, 15) is 21.9 Å². The largest absolute Gasteiger partial charge is 0.390 e. The zero-order valence-corrected chi connectivity index (χ0v) is 18.8. The minimum absolute atomic E-state index is 0.00399. The van der Waals surface area contributed by atoms with Crippen LogP contribution in [0.3, 0.4) is 0 Å². The highest BCUT2D eigenvalue weighted by Crippen LogP contribution is 2.32. The van der Waals surface area contributed by atoms with Gasteiger partial charge < -0.3 is 5.11 Å². The second-order valence-corrected chi connectivity index (χ2v) is 12.1. The maximum absolute atomic E-state index is 13.4. The lowest BCUT2D eigenvalue weighted by molar-refractivity contribution is 0.125. The first-order valence-electron chi connectivity index (χ1n) is 7.99. The van der Waals surface area contributed by atoms with Gasteiger partial charge in [0.15, 0.2) is 9.84 Å². The van der Waals surface area contributed by atoms with Gasteiger partial charge in [-0.25, -0.2) is 16.8 Å². The highest BCUT2D eigenvalue weighted by atomic mass is 79.9. The molecule has 3 rings (SSSR count). The van der Waals surface area contributed by atoms with E-state index in [2.05, 4.69) is 31.9 Å². The van der Waals surface area contributed by atoms with Gasteiger partial charge in [0.25, 0.3) is 0 Å². The molecule has 2 aromatic rings. The Bertz CT molecular complexity index is 1040. The normalized spacial score (nSPS) is 22.2. The molecular weight excluding hydrogens is 522 g/mol. The Morgan fingerprint density at radius 2 is 1.74 bits per heavy atom. The summed E-state index contributed by atoms with van der Waals surface area (Å²) in [4.78, 5) is 0.00399. The smallest absolute Gasteiger partial charge is 0.244 e. The van der Waals surface area contributed by atoms with Gasteiger partial charge in [0, 0.05) is 15.5 Å². The SMILES string of the molecule is O=S1(=O)C[C@@H](N(Cc2ccccc2)S(=O)(=O)c2cc(Br)ccc2Br)[C@@H](O)C1. The van der Waals surface area contributed by atoms with Gasteiger partial charge in [0.2, 0.25) is 10.0 Å². The number of aliphatic hydroxyl groups excluding tert-OH is 1. The third-order valence-electron chi connectivity index (χ3n) is 4.32. The fourth-order valence-electron chi connectivity index (χ4n) is 3.03. The highest BCUT2D eigenvalue weighted by molar-refractivity contribution is 9.11. The van der Waals surface area contributed by atoms with Crippen LogP contribution in [-0.2, 0) is 26.4 Å². The Labute approximate surface area is 175 Å². The van der Waals surface area contributed by atoms with Gasteiger partial charge in [-0.05, 0) is 39.7 Å². The Hall–Kier alpha value is -0.780. The van der Waals surface area contributed by atoms with Gasteiger partial charge in [0.05, 0.1) is 28.5 Å². The van der Waals surface area contributed by atoms with Crippen molar-refractivity contribution >= 4 is 51.7 Å². The van der Waals surface area contributed by atoms with E-state index in [-0.39, 0.29) is 11.4 Å². The monoisotopic (exact) mass is 537 g/mol. The van der Waals surface area contributed by atoms with E-state index in [1.165, 1.54) is 6.07 Å². The molecule has 0 spiro atoms. The molecule has 2 atom stereocenters. The number of sulfone groups is 1. The van der Waals surface area contributed by atoms with Crippen molar-refractivity contribution < 1.29 is 21.9 Å². The van der Waals surface area contributed by atoms with Crippen LogP contribution in [0.5, 0.6) is 0 Å². The number of nitrogens with zero attached hydrogens (tertiary/aromatic N) is 1. The first-order valence-corrected chi connectivity index (χ1v) is 12.8. The molecule has 6 nitrogen and oxygen atoms in total. The molecule has 0 saturated carbocycles. The van der Waals surface area contributed by atoms with Crippen LogP contribution in [0.15, 0.2) is 62.4 Å². The number of halogens is 2. The van der Waals surface area contributed by atoms with Gasteiger partial charge in [-0.1, -0.05) is 46.3 Å². The Morgan fingerprint density at radius 3 is 2.33 bits per heavy atom. The van der Waals surface area contributed by atoms with Crippen molar-refractivity contribution in [2.75, 3.05) is 11.5 Å². The van der Waals surface area contributed by atoms with Gasteiger partial charge in [-0.3, -0.25) is 0 Å². The minimum Gasteiger partial charge on any atom is -0.390 e. The van der Waals surface area contributed by atoms with Crippen molar-refractivity contribution in [1.82, 2.24) is 4.31 Å². The molecule has 10 heteroatoms. The molecule has 0 radical (unpaired) electrons. The first-order chi connectivity index (χ1) is 12.6. The zero-order chi connectivity index (χ0) is 19.8. The standard InChI is InChI=1S/C17H17Br2NO5S2/c18-13-6-7-14(19)17(8-13)27(24,25)20(9-12-4-2-1-3-5-12)15-10-26(22,23)11-16(15)21/h1-8,15-16,21H,9-11H2/t15-,16+/m1/s1. The summed E-state index contributed by atoms with van der Waals surface area (Å²) in [5.74, 6) is -0.857. The fourth-order valence-corrected chi connectivity index (χ4v) is 8.03. The van der Waals surface area contributed by atoms with Crippen LogP contribution in [-0.4, -0.2) is 49.9 Å². The summed E-state index contributed by atoms with van der Waals surface area (Å²) in [5, 5.41) is 10.3. The second-order valence-electron chi connectivity index (χ2n) is 6.32. The molecule has 0 unspecified atom stereocenters. The van der Waals surface area contributed by atoms with Crippen LogP contribution in [0, 0.1) is 0 Å². The van der Waals surface area contributed by atoms with Crippen molar-refractivity contribution in [2.45, 2.75) is 23.6 Å². The van der Waals surface area contributed by atoms with Crippen molar-refractivity contribution in [3.8, 4) is 0 Å². The minimum atomic E-state index is -4.09. The molecule has 1 saturated heterocycles. The Kier molecular flexibility index (Phi) is 6.14. The van der Waals surface area contributed by atoms with Crippen LogP contribution in [0.25, 0.3) is 0 Å². The van der Waals surface area contributed by atoms with Crippen LogP contribution >= 0.6 is 31.9 Å². The molecule has 0 aliphatic carbocycles. The van der Waals surface area contributed by atoms with E-state index in [0.717, 1.165) is 4.31 Å². The Balaban J connectivity index is 2.10. The first kappa shape index (κ1) is 20.9. The molecule has 2 aromatic carbocycles. The number of hydrogen-bond acceptors (Lipinski definition) is 5. The lowest BCUT2D eigenvalue weighted by Crippen LogP contribution is -2.46. The molecule has 0 amide bonds. The quantitative estimate of drug-likeness (QED) is 0.631. The van der Waals surface area contributed by atoms with Crippen LogP contribution in [0.4, 0.5) is 0 Å². The number of hydrogen-bond donors (Lipinski definition) is 1. The van der Waals surface area contributed by atoms with Crippen molar-refractivity contribution in [2.24, 2.45) is 0 Å². The molecule has 1 heterocycles. The summed E-state index contributed by atoms with van der Waals surface area (Å²) in [7, 11) is -7.61. The highest BCUT2D eigenvalue weighted by Gasteiger charge is 2.45. The predicted octanol–water partition coefficient (Wildman–Crippen LogP) is 2.56. The summed E-state index contributed by atoms with van der Waals surface area (Å²) in [6.45, 7) is -0.0423. The maximum Gasteiger partial charge on any atom is 0.244 e. The Morgan fingerprint density at radius 1 is 1.07 bits per heavy atom. The molecule has 0 bridgehead atoms. The molecule has 0 aromatic heterocycles. The van der Waals surface area contributed by atoms with E-state index in [4.69, 9.17) is 0 Å². The molecule has 1 N–H and O–H groups in total. The molecular formula is C17H17Br2NO5S2. The summed E-state index contributed by atoms with van der Waals surface area (Å²) >= 11 is 6.53. The zero-order valence-electron chi connectivity index (χ0n) is 14.0. The number of rotatable bonds is 5.